The number of hydrogen-bond donors (Lipinski definition) is 2. The molecule has 0 aliphatic heterocycles. The minimum atomic E-state index is -0.346. The fourth-order valence-electron chi connectivity index (χ4n) is 1.84. The summed E-state index contributed by atoms with van der Waals surface area (Å²) in [6, 6.07) is 11.8. The van der Waals surface area contributed by atoms with Crippen LogP contribution in [0.25, 0.3) is 0 Å². The van der Waals surface area contributed by atoms with Crippen LogP contribution in [-0.4, -0.2) is 31.0 Å². The van der Waals surface area contributed by atoms with Gasteiger partial charge in [0.25, 0.3) is 5.91 Å². The van der Waals surface area contributed by atoms with Crippen LogP contribution in [-0.2, 0) is 4.79 Å². The van der Waals surface area contributed by atoms with Crippen molar-refractivity contribution in [3.8, 4) is 11.5 Å². The molecular weight excluding hydrogens is 320 g/mol. The number of methoxy groups -OCH3 is 1. The predicted octanol–water partition coefficient (Wildman–Crippen LogP) is 3.17. The van der Waals surface area contributed by atoms with Gasteiger partial charge >= 0.3 is 0 Å². The summed E-state index contributed by atoms with van der Waals surface area (Å²) in [5.74, 6) is 0.478. The topological polar surface area (TPSA) is 80.2 Å². The van der Waals surface area contributed by atoms with Crippen molar-refractivity contribution in [2.45, 2.75) is 0 Å². The van der Waals surface area contributed by atoms with Gasteiger partial charge in [-0.25, -0.2) is 0 Å². The van der Waals surface area contributed by atoms with E-state index in [1.54, 1.807) is 42.5 Å². The number of amides is 1. The van der Waals surface area contributed by atoms with Crippen LogP contribution in [0.2, 0.25) is 5.02 Å². The molecule has 0 heterocycles. The number of para-hydroxylation sites is 1. The molecule has 120 valence electrons. The molecule has 0 spiro atoms. The lowest BCUT2D eigenvalue weighted by molar-refractivity contribution is -0.118. The largest absolute Gasteiger partial charge is 0.493 e. The van der Waals surface area contributed by atoms with Gasteiger partial charge in [-0.15, -0.1) is 0 Å². The van der Waals surface area contributed by atoms with Crippen LogP contribution < -0.4 is 14.8 Å². The first-order valence-electron chi connectivity index (χ1n) is 6.66. The van der Waals surface area contributed by atoms with E-state index in [0.717, 1.165) is 0 Å². The van der Waals surface area contributed by atoms with E-state index in [-0.39, 0.29) is 12.5 Å². The van der Waals surface area contributed by atoms with E-state index in [1.807, 2.05) is 0 Å². The normalized spacial score (nSPS) is 10.5. The third-order valence-electron chi connectivity index (χ3n) is 2.90. The standard InChI is InChI=1S/C16H15ClN2O4/c1-22-15-8-11(9-18-21)6-7-14(15)23-10-16(20)19-13-5-3-2-4-12(13)17/h2-9,21H,10H2,1H3,(H,19,20)/b18-9+. The molecule has 2 aromatic carbocycles. The maximum Gasteiger partial charge on any atom is 0.262 e. The van der Waals surface area contributed by atoms with E-state index < -0.39 is 0 Å². The molecule has 0 unspecified atom stereocenters. The highest BCUT2D eigenvalue weighted by Crippen LogP contribution is 2.27. The van der Waals surface area contributed by atoms with E-state index in [4.69, 9.17) is 26.3 Å². The minimum Gasteiger partial charge on any atom is -0.493 e. The highest BCUT2D eigenvalue weighted by molar-refractivity contribution is 6.33. The van der Waals surface area contributed by atoms with E-state index in [9.17, 15) is 4.79 Å². The Morgan fingerprint density at radius 1 is 1.30 bits per heavy atom. The van der Waals surface area contributed by atoms with Crippen LogP contribution in [0.1, 0.15) is 5.56 Å². The first-order chi connectivity index (χ1) is 11.1. The molecule has 0 saturated carbocycles. The molecule has 0 saturated heterocycles. The molecule has 2 N–H and O–H groups in total. The molecule has 1 amide bonds. The number of carbonyl (C=O) groups is 1. The first kappa shape index (κ1) is 16.6. The summed E-state index contributed by atoms with van der Waals surface area (Å²) in [5.41, 5.74) is 1.15. The fourth-order valence-corrected chi connectivity index (χ4v) is 2.03. The number of halogens is 1. The summed E-state index contributed by atoms with van der Waals surface area (Å²) in [6.07, 6.45) is 1.26. The maximum absolute atomic E-state index is 11.9. The Bertz CT molecular complexity index is 719. The lowest BCUT2D eigenvalue weighted by Gasteiger charge is -2.11. The number of anilines is 1. The van der Waals surface area contributed by atoms with E-state index >= 15 is 0 Å². The van der Waals surface area contributed by atoms with E-state index in [2.05, 4.69) is 10.5 Å². The van der Waals surface area contributed by atoms with Crippen LogP contribution in [0, 0.1) is 0 Å². The smallest absolute Gasteiger partial charge is 0.262 e. The maximum atomic E-state index is 11.9. The van der Waals surface area contributed by atoms with Gasteiger partial charge < -0.3 is 20.0 Å². The zero-order chi connectivity index (χ0) is 16.7. The summed E-state index contributed by atoms with van der Waals surface area (Å²) in [5, 5.41) is 14.6. The van der Waals surface area contributed by atoms with Crippen molar-refractivity contribution in [1.82, 2.24) is 0 Å². The van der Waals surface area contributed by atoms with Crippen molar-refractivity contribution >= 4 is 29.4 Å². The third-order valence-corrected chi connectivity index (χ3v) is 3.23. The fraction of sp³-hybridized carbons (Fsp3) is 0.125. The SMILES string of the molecule is COc1cc(/C=N/O)ccc1OCC(=O)Nc1ccccc1Cl. The van der Waals surface area contributed by atoms with Crippen molar-refractivity contribution in [2.24, 2.45) is 5.16 Å². The van der Waals surface area contributed by atoms with Crippen molar-refractivity contribution in [3.63, 3.8) is 0 Å². The quantitative estimate of drug-likeness (QED) is 0.483. The molecule has 2 rings (SSSR count). The van der Waals surface area contributed by atoms with Gasteiger partial charge in [0.1, 0.15) is 0 Å². The second-order valence-electron chi connectivity index (χ2n) is 4.47. The van der Waals surface area contributed by atoms with Crippen LogP contribution in [0.4, 0.5) is 5.69 Å². The average molecular weight is 335 g/mol. The summed E-state index contributed by atoms with van der Waals surface area (Å²) < 4.78 is 10.6. The molecule has 7 heteroatoms. The van der Waals surface area contributed by atoms with Gasteiger partial charge in [-0.1, -0.05) is 28.9 Å². The molecule has 0 aromatic heterocycles. The molecule has 2 aromatic rings. The molecule has 23 heavy (non-hydrogen) atoms. The summed E-state index contributed by atoms with van der Waals surface area (Å²) >= 11 is 5.97. The molecule has 0 radical (unpaired) electrons. The van der Waals surface area contributed by atoms with Crippen molar-refractivity contribution in [1.29, 1.82) is 0 Å². The molecule has 0 bridgehead atoms. The summed E-state index contributed by atoms with van der Waals surface area (Å²) in [4.78, 5) is 11.9. The number of nitrogens with one attached hydrogen (secondary N) is 1. The third kappa shape index (κ3) is 4.62. The highest BCUT2D eigenvalue weighted by atomic mass is 35.5. The predicted molar refractivity (Wildman–Crippen MR) is 88.0 cm³/mol. The molecule has 0 atom stereocenters. The van der Waals surface area contributed by atoms with Crippen LogP contribution in [0.3, 0.4) is 0 Å². The van der Waals surface area contributed by atoms with Crippen LogP contribution in [0.15, 0.2) is 47.6 Å². The van der Waals surface area contributed by atoms with Gasteiger partial charge in [-0.05, 0) is 30.3 Å². The number of benzene rings is 2. The van der Waals surface area contributed by atoms with Gasteiger partial charge in [0, 0.05) is 5.56 Å². The van der Waals surface area contributed by atoms with Crippen molar-refractivity contribution in [3.05, 3.63) is 53.1 Å². The minimum absolute atomic E-state index is 0.199. The Kier molecular flexibility index (Phi) is 5.82. The molecule has 0 aliphatic carbocycles. The molecule has 6 nitrogen and oxygen atoms in total. The first-order valence-corrected chi connectivity index (χ1v) is 7.04. The molecular formula is C16H15ClN2O4. The number of ether oxygens (including phenoxy) is 2. The Balaban J connectivity index is 2.00. The summed E-state index contributed by atoms with van der Waals surface area (Å²) in [6.45, 7) is -0.199. The van der Waals surface area contributed by atoms with Gasteiger partial charge in [-0.2, -0.15) is 0 Å². The van der Waals surface area contributed by atoms with Gasteiger partial charge in [0.15, 0.2) is 18.1 Å². The second kappa shape index (κ2) is 8.05. The van der Waals surface area contributed by atoms with Gasteiger partial charge in [0.2, 0.25) is 0 Å². The number of hydrogen-bond acceptors (Lipinski definition) is 5. The zero-order valence-corrected chi connectivity index (χ0v) is 13.1. The van der Waals surface area contributed by atoms with Crippen LogP contribution >= 0.6 is 11.6 Å². The van der Waals surface area contributed by atoms with Gasteiger partial charge in [-0.3, -0.25) is 4.79 Å². The Hall–Kier alpha value is -2.73. The zero-order valence-electron chi connectivity index (χ0n) is 12.3. The summed E-state index contributed by atoms with van der Waals surface area (Å²) in [7, 11) is 1.48. The second-order valence-corrected chi connectivity index (χ2v) is 4.88. The average Bonchev–Trinajstić information content (AvgIpc) is 2.56. The lowest BCUT2D eigenvalue weighted by Crippen LogP contribution is -2.20. The Labute approximate surface area is 138 Å². The monoisotopic (exact) mass is 334 g/mol. The van der Waals surface area contributed by atoms with Crippen molar-refractivity contribution < 1.29 is 19.5 Å². The number of rotatable bonds is 6. The number of carbonyl (C=O) groups excluding carboxylic acids is 1. The van der Waals surface area contributed by atoms with Gasteiger partial charge in [0.05, 0.1) is 24.0 Å². The number of nitrogens with zero attached hydrogens (tertiary/aromatic N) is 1. The molecule has 0 aliphatic rings. The van der Waals surface area contributed by atoms with E-state index in [0.29, 0.717) is 27.8 Å². The lowest BCUT2D eigenvalue weighted by atomic mass is 10.2. The van der Waals surface area contributed by atoms with E-state index in [1.165, 1.54) is 13.3 Å². The molecule has 0 fully saturated rings. The highest BCUT2D eigenvalue weighted by Gasteiger charge is 2.09. The number of oxime groups is 1. The van der Waals surface area contributed by atoms with Crippen molar-refractivity contribution in [2.75, 3.05) is 19.0 Å². The Morgan fingerprint density at radius 2 is 2.09 bits per heavy atom. The Morgan fingerprint density at radius 3 is 2.78 bits per heavy atom. The van der Waals surface area contributed by atoms with Crippen LogP contribution in [0.5, 0.6) is 11.5 Å².